The van der Waals surface area contributed by atoms with Gasteiger partial charge in [0.15, 0.2) is 0 Å². The monoisotopic (exact) mass is 189 g/mol. The second-order valence-corrected chi connectivity index (χ2v) is 3.72. The van der Waals surface area contributed by atoms with E-state index >= 15 is 0 Å². The molecule has 0 saturated heterocycles. The molecule has 1 amide bonds. The summed E-state index contributed by atoms with van der Waals surface area (Å²) in [5.74, 6) is 0.862. The third-order valence-electron chi connectivity index (χ3n) is 2.26. The number of unbranched alkanes of at least 4 members (excludes halogenated alkanes) is 1. The summed E-state index contributed by atoms with van der Waals surface area (Å²) in [6, 6.07) is 0.480. The van der Waals surface area contributed by atoms with E-state index in [-0.39, 0.29) is 5.91 Å². The van der Waals surface area contributed by atoms with E-state index in [1.165, 1.54) is 19.3 Å². The van der Waals surface area contributed by atoms with Gasteiger partial charge in [-0.1, -0.05) is 0 Å². The van der Waals surface area contributed by atoms with E-state index in [1.54, 1.807) is 0 Å². The first-order chi connectivity index (χ1) is 5.83. The van der Waals surface area contributed by atoms with E-state index < -0.39 is 0 Å². The first kappa shape index (κ1) is 9.85. The van der Waals surface area contributed by atoms with Gasteiger partial charge in [-0.05, 0) is 32.1 Å². The van der Waals surface area contributed by atoms with Gasteiger partial charge in [0.05, 0.1) is 0 Å². The molecule has 1 aliphatic carbocycles. The maximum atomic E-state index is 11.2. The minimum atomic E-state index is 0.199. The van der Waals surface area contributed by atoms with Crippen molar-refractivity contribution in [1.29, 1.82) is 0 Å². The van der Waals surface area contributed by atoms with Crippen molar-refractivity contribution in [3.63, 3.8) is 0 Å². The van der Waals surface area contributed by atoms with Crippen LogP contribution in [0.25, 0.3) is 0 Å². The van der Waals surface area contributed by atoms with Crippen molar-refractivity contribution in [1.82, 2.24) is 5.32 Å². The van der Waals surface area contributed by atoms with Crippen molar-refractivity contribution in [2.24, 2.45) is 0 Å². The van der Waals surface area contributed by atoms with Gasteiger partial charge >= 0.3 is 0 Å². The van der Waals surface area contributed by atoms with Gasteiger partial charge in [-0.2, -0.15) is 0 Å². The zero-order valence-corrected chi connectivity index (χ0v) is 8.07. The lowest BCUT2D eigenvalue weighted by molar-refractivity contribution is -0.122. The van der Waals surface area contributed by atoms with Crippen LogP contribution in [0.1, 0.15) is 38.5 Å². The smallest absolute Gasteiger partial charge is 0.220 e. The molecule has 12 heavy (non-hydrogen) atoms. The Morgan fingerprint density at radius 2 is 2.17 bits per heavy atom. The number of hydrogen-bond acceptors (Lipinski definition) is 1. The first-order valence-corrected chi connectivity index (χ1v) is 5.21. The van der Waals surface area contributed by atoms with Gasteiger partial charge in [0.25, 0.3) is 0 Å². The molecule has 1 aliphatic rings. The number of nitrogens with one attached hydrogen (secondary N) is 1. The summed E-state index contributed by atoms with van der Waals surface area (Å²) in [6.45, 7) is 0. The molecule has 0 aromatic carbocycles. The fourth-order valence-corrected chi connectivity index (χ4v) is 1.42. The molecule has 2 nitrogen and oxygen atoms in total. The summed E-state index contributed by atoms with van der Waals surface area (Å²) >= 11 is 5.50. The van der Waals surface area contributed by atoms with Crippen molar-refractivity contribution in [2.45, 2.75) is 44.6 Å². The highest BCUT2D eigenvalue weighted by Crippen LogP contribution is 2.18. The van der Waals surface area contributed by atoms with Crippen LogP contribution in [0.3, 0.4) is 0 Å². The number of rotatable bonds is 5. The Balaban J connectivity index is 1.95. The third-order valence-corrected chi connectivity index (χ3v) is 2.53. The average molecular weight is 190 g/mol. The maximum absolute atomic E-state index is 11.2. The van der Waals surface area contributed by atoms with Crippen molar-refractivity contribution >= 4 is 17.5 Å². The molecule has 1 saturated carbocycles. The second-order valence-electron chi connectivity index (χ2n) is 3.34. The quantitative estimate of drug-likeness (QED) is 0.521. The highest BCUT2D eigenvalue weighted by molar-refractivity contribution is 6.17. The van der Waals surface area contributed by atoms with E-state index in [0.29, 0.717) is 18.3 Å². The van der Waals surface area contributed by atoms with Crippen molar-refractivity contribution < 1.29 is 4.79 Å². The molecule has 0 spiro atoms. The minimum absolute atomic E-state index is 0.199. The van der Waals surface area contributed by atoms with E-state index in [0.717, 1.165) is 12.8 Å². The zero-order valence-electron chi connectivity index (χ0n) is 7.31. The largest absolute Gasteiger partial charge is 0.353 e. The summed E-state index contributed by atoms with van der Waals surface area (Å²) < 4.78 is 0. The predicted octanol–water partition coefficient (Wildman–Crippen LogP) is 2.06. The Morgan fingerprint density at radius 1 is 1.42 bits per heavy atom. The minimum Gasteiger partial charge on any atom is -0.353 e. The highest BCUT2D eigenvalue weighted by atomic mass is 35.5. The van der Waals surface area contributed by atoms with Crippen LogP contribution in [0.2, 0.25) is 0 Å². The number of halogens is 1. The average Bonchev–Trinajstić information content (AvgIpc) is 1.98. The van der Waals surface area contributed by atoms with E-state index in [9.17, 15) is 4.79 Å². The van der Waals surface area contributed by atoms with Crippen LogP contribution >= 0.6 is 11.6 Å². The molecule has 1 N–H and O–H groups in total. The third kappa shape index (κ3) is 3.44. The van der Waals surface area contributed by atoms with Gasteiger partial charge in [0, 0.05) is 18.3 Å². The molecule has 0 aromatic heterocycles. The molecule has 70 valence electrons. The Bertz CT molecular complexity index is 145. The van der Waals surface area contributed by atoms with Crippen LogP contribution < -0.4 is 5.32 Å². The summed E-state index contributed by atoms with van der Waals surface area (Å²) in [6.07, 6.45) is 6.11. The fourth-order valence-electron chi connectivity index (χ4n) is 1.23. The van der Waals surface area contributed by atoms with Gasteiger partial charge in [-0.3, -0.25) is 4.79 Å². The predicted molar refractivity (Wildman–Crippen MR) is 50.4 cm³/mol. The van der Waals surface area contributed by atoms with Gasteiger partial charge < -0.3 is 5.32 Å². The van der Waals surface area contributed by atoms with Crippen molar-refractivity contribution in [3.8, 4) is 0 Å². The van der Waals surface area contributed by atoms with Gasteiger partial charge in [-0.15, -0.1) is 11.6 Å². The van der Waals surface area contributed by atoms with Gasteiger partial charge in [0.2, 0.25) is 5.91 Å². The topological polar surface area (TPSA) is 29.1 Å². The summed E-state index contributed by atoms with van der Waals surface area (Å²) in [5.41, 5.74) is 0. The van der Waals surface area contributed by atoms with Gasteiger partial charge in [0.1, 0.15) is 0 Å². The standard InChI is InChI=1S/C9H16ClNO/c10-7-2-1-6-9(12)11-8-4-3-5-8/h8H,1-7H2,(H,11,12). The molecule has 0 aromatic rings. The van der Waals surface area contributed by atoms with Crippen LogP contribution in [0.15, 0.2) is 0 Å². The van der Waals surface area contributed by atoms with Crippen LogP contribution in [-0.2, 0) is 4.79 Å². The molecule has 0 aliphatic heterocycles. The molecule has 0 bridgehead atoms. The first-order valence-electron chi connectivity index (χ1n) is 4.68. The lowest BCUT2D eigenvalue weighted by Gasteiger charge is -2.26. The molecule has 1 fully saturated rings. The Morgan fingerprint density at radius 3 is 2.67 bits per heavy atom. The summed E-state index contributed by atoms with van der Waals surface area (Å²) in [5, 5.41) is 2.99. The van der Waals surface area contributed by atoms with E-state index in [2.05, 4.69) is 5.32 Å². The molecular weight excluding hydrogens is 174 g/mol. The van der Waals surface area contributed by atoms with Crippen LogP contribution in [0, 0.1) is 0 Å². The lowest BCUT2D eigenvalue weighted by atomic mass is 9.93. The molecule has 0 unspecified atom stereocenters. The molecule has 0 heterocycles. The maximum Gasteiger partial charge on any atom is 0.220 e. The number of carbonyl (C=O) groups excluding carboxylic acids is 1. The van der Waals surface area contributed by atoms with Crippen molar-refractivity contribution in [3.05, 3.63) is 0 Å². The molecule has 0 atom stereocenters. The number of hydrogen-bond donors (Lipinski definition) is 1. The normalized spacial score (nSPS) is 17.1. The van der Waals surface area contributed by atoms with Crippen LogP contribution in [-0.4, -0.2) is 17.8 Å². The van der Waals surface area contributed by atoms with Crippen molar-refractivity contribution in [2.75, 3.05) is 5.88 Å². The zero-order chi connectivity index (χ0) is 8.81. The highest BCUT2D eigenvalue weighted by Gasteiger charge is 2.18. The second kappa shape index (κ2) is 5.41. The molecule has 3 heteroatoms. The van der Waals surface area contributed by atoms with Crippen LogP contribution in [0.5, 0.6) is 0 Å². The summed E-state index contributed by atoms with van der Waals surface area (Å²) in [7, 11) is 0. The summed E-state index contributed by atoms with van der Waals surface area (Å²) in [4.78, 5) is 11.2. The van der Waals surface area contributed by atoms with Crippen LogP contribution in [0.4, 0.5) is 0 Å². The Kier molecular flexibility index (Phi) is 4.44. The number of amides is 1. The number of carbonyl (C=O) groups is 1. The van der Waals surface area contributed by atoms with E-state index in [1.807, 2.05) is 0 Å². The molecule has 0 radical (unpaired) electrons. The van der Waals surface area contributed by atoms with Gasteiger partial charge in [-0.25, -0.2) is 0 Å². The molecular formula is C9H16ClNO. The SMILES string of the molecule is O=C(CCCCCl)NC1CCC1. The van der Waals surface area contributed by atoms with E-state index in [4.69, 9.17) is 11.6 Å². The Labute approximate surface area is 78.7 Å². The lowest BCUT2D eigenvalue weighted by Crippen LogP contribution is -2.39. The molecule has 1 rings (SSSR count). The fraction of sp³-hybridized carbons (Fsp3) is 0.889. The Hall–Kier alpha value is -0.240. The number of alkyl halides is 1.